The quantitative estimate of drug-likeness (QED) is 0.410. The average Bonchev–Trinajstić information content (AvgIpc) is 2.03. The minimum Gasteiger partial charge on any atom is -0.507 e. The Morgan fingerprint density at radius 1 is 1.31 bits per heavy atom. The van der Waals surface area contributed by atoms with Crippen molar-refractivity contribution in [1.29, 1.82) is 0 Å². The minimum absolute atomic E-state index is 0.0795. The van der Waals surface area contributed by atoms with E-state index in [0.717, 1.165) is 0 Å². The molecule has 1 aromatic carbocycles. The van der Waals surface area contributed by atoms with Gasteiger partial charge < -0.3 is 16.6 Å². The summed E-state index contributed by atoms with van der Waals surface area (Å²) < 4.78 is 0. The van der Waals surface area contributed by atoms with Crippen LogP contribution in [0.5, 0.6) is 5.75 Å². The van der Waals surface area contributed by atoms with Crippen molar-refractivity contribution in [1.82, 2.24) is 0 Å². The second-order valence-corrected chi connectivity index (χ2v) is 2.36. The maximum absolute atomic E-state index is 11.2. The van der Waals surface area contributed by atoms with Gasteiger partial charge in [0.1, 0.15) is 5.75 Å². The molecule has 13 heavy (non-hydrogen) atoms. The predicted molar refractivity (Wildman–Crippen MR) is 48.2 cm³/mol. The molecular formula is C8H9N3O2. The van der Waals surface area contributed by atoms with Crippen LogP contribution in [0.25, 0.3) is 0 Å². The van der Waals surface area contributed by atoms with Crippen LogP contribution in [-0.4, -0.2) is 17.0 Å². The van der Waals surface area contributed by atoms with Gasteiger partial charge in [-0.05, 0) is 12.1 Å². The van der Waals surface area contributed by atoms with Gasteiger partial charge in [-0.1, -0.05) is 12.1 Å². The molecule has 1 amide bonds. The highest BCUT2D eigenvalue weighted by Gasteiger charge is 2.08. The molecule has 0 saturated heterocycles. The van der Waals surface area contributed by atoms with Crippen molar-refractivity contribution >= 4 is 11.9 Å². The van der Waals surface area contributed by atoms with Crippen molar-refractivity contribution in [2.45, 2.75) is 0 Å². The first kappa shape index (κ1) is 9.05. The summed E-state index contributed by atoms with van der Waals surface area (Å²) in [7, 11) is 0. The number of nitrogens with two attached hydrogens (primary N) is 2. The van der Waals surface area contributed by atoms with Crippen LogP contribution in [0.2, 0.25) is 0 Å². The molecule has 0 bridgehead atoms. The van der Waals surface area contributed by atoms with E-state index in [1.54, 1.807) is 12.1 Å². The van der Waals surface area contributed by atoms with Gasteiger partial charge in [0.15, 0.2) is 5.96 Å². The Balaban J connectivity index is 3.03. The number of hydrogen-bond acceptors (Lipinski definition) is 2. The molecule has 0 aromatic heterocycles. The number of carbonyl (C=O) groups is 1. The highest BCUT2D eigenvalue weighted by molar-refractivity contribution is 6.03. The fourth-order valence-corrected chi connectivity index (χ4v) is 0.832. The summed E-state index contributed by atoms with van der Waals surface area (Å²) in [5.74, 6) is -1.12. The summed E-state index contributed by atoms with van der Waals surface area (Å²) in [6.07, 6.45) is 0. The molecule has 1 rings (SSSR count). The normalized spacial score (nSPS) is 9.23. The number of aliphatic imine (C=N–C) groups is 1. The number of carbonyl (C=O) groups excluding carboxylic acids is 1. The molecule has 0 heterocycles. The molecule has 68 valence electrons. The van der Waals surface area contributed by atoms with Crippen LogP contribution in [0.4, 0.5) is 0 Å². The number of phenolic OH excluding ortho intramolecular Hbond substituents is 1. The topological polar surface area (TPSA) is 102 Å². The Morgan fingerprint density at radius 3 is 2.46 bits per heavy atom. The van der Waals surface area contributed by atoms with Gasteiger partial charge >= 0.3 is 0 Å². The van der Waals surface area contributed by atoms with Crippen LogP contribution in [0.1, 0.15) is 10.4 Å². The van der Waals surface area contributed by atoms with Gasteiger partial charge in [-0.2, -0.15) is 4.99 Å². The number of amides is 1. The third kappa shape index (κ3) is 2.19. The zero-order valence-corrected chi connectivity index (χ0v) is 6.77. The molecule has 0 saturated carbocycles. The molecule has 0 atom stereocenters. The van der Waals surface area contributed by atoms with Gasteiger partial charge in [-0.15, -0.1) is 0 Å². The van der Waals surface area contributed by atoms with Crippen LogP contribution in [0, 0.1) is 0 Å². The first-order valence-corrected chi connectivity index (χ1v) is 3.53. The number of hydrogen-bond donors (Lipinski definition) is 3. The molecule has 1 aromatic rings. The Morgan fingerprint density at radius 2 is 1.92 bits per heavy atom. The molecule has 5 nitrogen and oxygen atoms in total. The predicted octanol–water partition coefficient (Wildman–Crippen LogP) is -0.194. The van der Waals surface area contributed by atoms with Crippen LogP contribution < -0.4 is 11.5 Å². The number of nitrogens with zero attached hydrogens (tertiary/aromatic N) is 1. The Kier molecular flexibility index (Phi) is 2.49. The Hall–Kier alpha value is -2.04. The van der Waals surface area contributed by atoms with E-state index >= 15 is 0 Å². The fraction of sp³-hybridized carbons (Fsp3) is 0. The summed E-state index contributed by atoms with van der Waals surface area (Å²) in [4.78, 5) is 14.5. The number of aromatic hydroxyl groups is 1. The summed E-state index contributed by atoms with van der Waals surface area (Å²) in [6.45, 7) is 0. The van der Waals surface area contributed by atoms with E-state index in [9.17, 15) is 9.90 Å². The number of benzene rings is 1. The first-order chi connectivity index (χ1) is 6.11. The lowest BCUT2D eigenvalue weighted by Gasteiger charge is -1.98. The number of phenols is 1. The largest absolute Gasteiger partial charge is 0.507 e. The second kappa shape index (κ2) is 3.57. The first-order valence-electron chi connectivity index (χ1n) is 3.53. The van der Waals surface area contributed by atoms with E-state index in [1.807, 2.05) is 0 Å². The van der Waals surface area contributed by atoms with Crippen LogP contribution in [-0.2, 0) is 0 Å². The van der Waals surface area contributed by atoms with E-state index in [2.05, 4.69) is 4.99 Å². The fourth-order valence-electron chi connectivity index (χ4n) is 0.832. The van der Waals surface area contributed by atoms with Crippen molar-refractivity contribution in [3.8, 4) is 5.75 Å². The molecule has 0 radical (unpaired) electrons. The Labute approximate surface area is 74.7 Å². The van der Waals surface area contributed by atoms with Gasteiger partial charge in [-0.25, -0.2) is 0 Å². The summed E-state index contributed by atoms with van der Waals surface area (Å²) in [5.41, 5.74) is 10.1. The van der Waals surface area contributed by atoms with Gasteiger partial charge in [0, 0.05) is 0 Å². The maximum Gasteiger partial charge on any atom is 0.283 e. The molecule has 0 spiro atoms. The Bertz CT molecular complexity index is 356. The van der Waals surface area contributed by atoms with E-state index in [-0.39, 0.29) is 17.3 Å². The smallest absolute Gasteiger partial charge is 0.283 e. The van der Waals surface area contributed by atoms with Crippen molar-refractivity contribution in [2.75, 3.05) is 0 Å². The van der Waals surface area contributed by atoms with Crippen LogP contribution in [0.3, 0.4) is 0 Å². The third-order valence-electron chi connectivity index (χ3n) is 1.37. The van der Waals surface area contributed by atoms with Crippen LogP contribution in [0.15, 0.2) is 29.3 Å². The summed E-state index contributed by atoms with van der Waals surface area (Å²) >= 11 is 0. The number of guanidine groups is 1. The molecule has 0 aliphatic heterocycles. The number of para-hydroxylation sites is 1. The van der Waals surface area contributed by atoms with Crippen LogP contribution >= 0.6 is 0 Å². The standard InChI is InChI=1S/C8H9N3O2/c9-8(10)11-7(13)5-3-1-2-4-6(5)12/h1-4,12H,(H4,9,10,11,13). The van der Waals surface area contributed by atoms with Crippen molar-refractivity contribution in [3.05, 3.63) is 29.8 Å². The van der Waals surface area contributed by atoms with E-state index in [4.69, 9.17) is 11.5 Å². The summed E-state index contributed by atoms with van der Waals surface area (Å²) in [5, 5.41) is 9.22. The zero-order valence-electron chi connectivity index (χ0n) is 6.77. The van der Waals surface area contributed by atoms with Gasteiger partial charge in [-0.3, -0.25) is 4.79 Å². The van der Waals surface area contributed by atoms with Gasteiger partial charge in [0.05, 0.1) is 5.56 Å². The van der Waals surface area contributed by atoms with Gasteiger partial charge in [0.2, 0.25) is 0 Å². The molecule has 5 heteroatoms. The number of rotatable bonds is 1. The lowest BCUT2D eigenvalue weighted by Crippen LogP contribution is -2.24. The van der Waals surface area contributed by atoms with E-state index in [0.29, 0.717) is 0 Å². The zero-order chi connectivity index (χ0) is 9.84. The highest BCUT2D eigenvalue weighted by atomic mass is 16.3. The minimum atomic E-state index is -0.655. The lowest BCUT2D eigenvalue weighted by atomic mass is 10.2. The molecule has 0 aliphatic carbocycles. The molecule has 5 N–H and O–H groups in total. The van der Waals surface area contributed by atoms with Gasteiger partial charge in [0.25, 0.3) is 5.91 Å². The molecule has 0 unspecified atom stereocenters. The lowest BCUT2D eigenvalue weighted by molar-refractivity contribution is 0.1000. The molecule has 0 fully saturated rings. The maximum atomic E-state index is 11.2. The summed E-state index contributed by atoms with van der Waals surface area (Å²) in [6, 6.07) is 6.02. The van der Waals surface area contributed by atoms with E-state index in [1.165, 1.54) is 12.1 Å². The SMILES string of the molecule is NC(N)=NC(=O)c1ccccc1O. The van der Waals surface area contributed by atoms with Crippen molar-refractivity contribution in [3.63, 3.8) is 0 Å². The molecular weight excluding hydrogens is 170 g/mol. The third-order valence-corrected chi connectivity index (χ3v) is 1.37. The van der Waals surface area contributed by atoms with Crippen molar-refractivity contribution in [2.24, 2.45) is 16.5 Å². The molecule has 0 aliphatic rings. The average molecular weight is 179 g/mol. The van der Waals surface area contributed by atoms with Crippen molar-refractivity contribution < 1.29 is 9.90 Å². The second-order valence-electron chi connectivity index (χ2n) is 2.36. The monoisotopic (exact) mass is 179 g/mol. The highest BCUT2D eigenvalue weighted by Crippen LogP contribution is 2.16. The van der Waals surface area contributed by atoms with E-state index < -0.39 is 5.91 Å².